The van der Waals surface area contributed by atoms with E-state index in [4.69, 9.17) is 5.26 Å². The Balaban J connectivity index is 2.62. The highest BCUT2D eigenvalue weighted by Gasteiger charge is 2.19. The monoisotopic (exact) mass is 299 g/mol. The third-order valence-electron chi connectivity index (χ3n) is 3.45. The minimum Gasteiger partial charge on any atom is -0.337 e. The van der Waals surface area contributed by atoms with Crippen LogP contribution in [0.15, 0.2) is 12.3 Å². The van der Waals surface area contributed by atoms with Crippen LogP contribution in [-0.2, 0) is 0 Å². The number of carbonyl (C=O) groups is 1. The fourth-order valence-electron chi connectivity index (χ4n) is 2.21. The molecule has 0 aliphatic heterocycles. The van der Waals surface area contributed by atoms with E-state index < -0.39 is 6.04 Å². The molecular formula is C16H21N5O. The summed E-state index contributed by atoms with van der Waals surface area (Å²) in [7, 11) is 0. The molecule has 1 N–H and O–H groups in total. The summed E-state index contributed by atoms with van der Waals surface area (Å²) < 4.78 is 1.81. The fraction of sp³-hybridized carbons (Fsp3) is 0.500. The molecule has 0 aromatic carbocycles. The zero-order chi connectivity index (χ0) is 16.4. The van der Waals surface area contributed by atoms with Crippen molar-refractivity contribution >= 4 is 16.9 Å². The summed E-state index contributed by atoms with van der Waals surface area (Å²) in [6, 6.07) is 3.41. The molecule has 6 nitrogen and oxygen atoms in total. The van der Waals surface area contributed by atoms with Crippen molar-refractivity contribution in [1.29, 1.82) is 5.26 Å². The van der Waals surface area contributed by atoms with Gasteiger partial charge in [-0.15, -0.1) is 0 Å². The maximum atomic E-state index is 12.5. The number of fused-ring (bicyclic) bond motifs is 1. The van der Waals surface area contributed by atoms with Crippen LogP contribution in [0, 0.1) is 11.3 Å². The summed E-state index contributed by atoms with van der Waals surface area (Å²) in [5, 5.41) is 16.6. The number of hydrogen-bond acceptors (Lipinski definition) is 4. The van der Waals surface area contributed by atoms with Crippen LogP contribution >= 0.6 is 0 Å². The summed E-state index contributed by atoms with van der Waals surface area (Å²) in [4.78, 5) is 17.1. The van der Waals surface area contributed by atoms with Crippen molar-refractivity contribution in [3.63, 3.8) is 0 Å². The van der Waals surface area contributed by atoms with Crippen LogP contribution in [0.3, 0.4) is 0 Å². The molecule has 0 radical (unpaired) electrons. The summed E-state index contributed by atoms with van der Waals surface area (Å²) in [5.41, 5.74) is 2.06. The molecule has 116 valence electrons. The van der Waals surface area contributed by atoms with Gasteiger partial charge in [-0.3, -0.25) is 4.79 Å². The van der Waals surface area contributed by atoms with Gasteiger partial charge in [0.25, 0.3) is 5.91 Å². The predicted octanol–water partition coefficient (Wildman–Crippen LogP) is 2.78. The molecule has 0 aliphatic carbocycles. The van der Waals surface area contributed by atoms with Crippen molar-refractivity contribution in [3.8, 4) is 6.07 Å². The third-order valence-corrected chi connectivity index (χ3v) is 3.45. The molecule has 0 aliphatic rings. The van der Waals surface area contributed by atoms with Gasteiger partial charge in [-0.1, -0.05) is 13.8 Å². The molecule has 6 heteroatoms. The van der Waals surface area contributed by atoms with E-state index in [1.165, 1.54) is 0 Å². The minimum atomic E-state index is -0.543. The molecule has 2 aromatic heterocycles. The van der Waals surface area contributed by atoms with E-state index in [-0.39, 0.29) is 17.9 Å². The summed E-state index contributed by atoms with van der Waals surface area (Å²) in [6.07, 6.45) is 1.67. The Kier molecular flexibility index (Phi) is 4.45. The molecule has 22 heavy (non-hydrogen) atoms. The third kappa shape index (κ3) is 2.93. The maximum Gasteiger partial charge on any atom is 0.253 e. The maximum absolute atomic E-state index is 12.5. The minimum absolute atomic E-state index is 0.154. The first-order valence-corrected chi connectivity index (χ1v) is 7.43. The van der Waals surface area contributed by atoms with Gasteiger partial charge in [0.05, 0.1) is 23.2 Å². The van der Waals surface area contributed by atoms with Crippen molar-refractivity contribution < 1.29 is 4.79 Å². The Bertz CT molecular complexity index is 739. The topological polar surface area (TPSA) is 83.6 Å². The zero-order valence-electron chi connectivity index (χ0n) is 13.6. The van der Waals surface area contributed by atoms with Gasteiger partial charge in [0, 0.05) is 11.7 Å². The Morgan fingerprint density at radius 2 is 2.00 bits per heavy atom. The number of pyridine rings is 1. The average molecular weight is 299 g/mol. The van der Waals surface area contributed by atoms with Gasteiger partial charge >= 0.3 is 0 Å². The fourth-order valence-corrected chi connectivity index (χ4v) is 2.21. The van der Waals surface area contributed by atoms with Gasteiger partial charge in [-0.05, 0) is 32.8 Å². The number of nitrogens with zero attached hydrogens (tertiary/aromatic N) is 4. The summed E-state index contributed by atoms with van der Waals surface area (Å²) in [6.45, 7) is 9.76. The number of aromatic nitrogens is 3. The molecule has 2 rings (SSSR count). The van der Waals surface area contributed by atoms with Gasteiger partial charge in [0.1, 0.15) is 6.04 Å². The number of amides is 1. The standard InChI is InChI=1S/C16H21N5O/c1-9(2)14-6-12(16(22)19-11(5)7-17)13-8-18-21(10(3)4)15(13)20-14/h6,8-11H,1-5H3,(H,19,22). The molecule has 1 amide bonds. The lowest BCUT2D eigenvalue weighted by Gasteiger charge is -2.12. The number of carbonyl (C=O) groups excluding carboxylic acids is 1. The normalized spacial score (nSPS) is 12.6. The first-order valence-electron chi connectivity index (χ1n) is 7.43. The van der Waals surface area contributed by atoms with Gasteiger partial charge in [-0.2, -0.15) is 10.4 Å². The summed E-state index contributed by atoms with van der Waals surface area (Å²) >= 11 is 0. The van der Waals surface area contributed by atoms with Crippen LogP contribution < -0.4 is 5.32 Å². The van der Waals surface area contributed by atoms with Crippen molar-refractivity contribution in [2.45, 2.75) is 52.6 Å². The Morgan fingerprint density at radius 1 is 1.32 bits per heavy atom. The summed E-state index contributed by atoms with van der Waals surface area (Å²) in [5.74, 6) is -0.0773. The van der Waals surface area contributed by atoms with Gasteiger partial charge in [-0.25, -0.2) is 9.67 Å². The van der Waals surface area contributed by atoms with Gasteiger partial charge < -0.3 is 5.32 Å². The van der Waals surface area contributed by atoms with E-state index in [1.54, 1.807) is 19.2 Å². The number of nitrogens with one attached hydrogen (secondary N) is 1. The molecule has 0 saturated heterocycles. The van der Waals surface area contributed by atoms with E-state index in [1.807, 2.05) is 38.4 Å². The Hall–Kier alpha value is -2.42. The first-order chi connectivity index (χ1) is 10.3. The second-order valence-corrected chi connectivity index (χ2v) is 5.99. The lowest BCUT2D eigenvalue weighted by molar-refractivity contribution is 0.0949. The van der Waals surface area contributed by atoms with E-state index in [0.29, 0.717) is 16.6 Å². The molecule has 1 atom stereocenters. The highest BCUT2D eigenvalue weighted by Crippen LogP contribution is 2.24. The largest absolute Gasteiger partial charge is 0.337 e. The van der Waals surface area contributed by atoms with E-state index >= 15 is 0 Å². The van der Waals surface area contributed by atoms with Crippen LogP contribution in [0.2, 0.25) is 0 Å². The molecule has 2 heterocycles. The molecule has 1 unspecified atom stereocenters. The van der Waals surface area contributed by atoms with E-state index in [2.05, 4.69) is 15.4 Å². The second-order valence-electron chi connectivity index (χ2n) is 5.99. The quantitative estimate of drug-likeness (QED) is 0.941. The highest BCUT2D eigenvalue weighted by atomic mass is 16.1. The SMILES string of the molecule is CC(C#N)NC(=O)c1cc(C(C)C)nc2c1cnn2C(C)C. The zero-order valence-corrected chi connectivity index (χ0v) is 13.6. The average Bonchev–Trinajstić information content (AvgIpc) is 2.89. The van der Waals surface area contributed by atoms with E-state index in [9.17, 15) is 4.79 Å². The second kappa shape index (κ2) is 6.14. The lowest BCUT2D eigenvalue weighted by Crippen LogP contribution is -2.31. The van der Waals surface area contributed by atoms with Crippen LogP contribution in [0.4, 0.5) is 0 Å². The number of nitriles is 1. The lowest BCUT2D eigenvalue weighted by atomic mass is 10.0. The molecule has 0 saturated carbocycles. The van der Waals surface area contributed by atoms with E-state index in [0.717, 1.165) is 5.69 Å². The molecular weight excluding hydrogens is 278 g/mol. The molecule has 0 spiro atoms. The molecule has 0 bridgehead atoms. The Morgan fingerprint density at radius 3 is 2.55 bits per heavy atom. The van der Waals surface area contributed by atoms with Crippen molar-refractivity contribution in [2.75, 3.05) is 0 Å². The van der Waals surface area contributed by atoms with Crippen LogP contribution in [-0.4, -0.2) is 26.7 Å². The molecule has 0 fully saturated rings. The van der Waals surface area contributed by atoms with Crippen LogP contribution in [0.1, 0.15) is 62.6 Å². The van der Waals surface area contributed by atoms with Crippen molar-refractivity contribution in [1.82, 2.24) is 20.1 Å². The van der Waals surface area contributed by atoms with Gasteiger partial charge in [0.15, 0.2) is 5.65 Å². The van der Waals surface area contributed by atoms with Gasteiger partial charge in [0.2, 0.25) is 0 Å². The molecule has 2 aromatic rings. The highest BCUT2D eigenvalue weighted by molar-refractivity contribution is 6.05. The van der Waals surface area contributed by atoms with Crippen molar-refractivity contribution in [3.05, 3.63) is 23.5 Å². The predicted molar refractivity (Wildman–Crippen MR) is 84.5 cm³/mol. The van der Waals surface area contributed by atoms with Crippen LogP contribution in [0.25, 0.3) is 11.0 Å². The smallest absolute Gasteiger partial charge is 0.253 e. The van der Waals surface area contributed by atoms with Crippen molar-refractivity contribution in [2.24, 2.45) is 0 Å². The number of hydrogen-bond donors (Lipinski definition) is 1. The Labute approximate surface area is 130 Å². The van der Waals surface area contributed by atoms with Crippen LogP contribution in [0.5, 0.6) is 0 Å². The number of rotatable bonds is 4. The first kappa shape index (κ1) is 16.0.